The van der Waals surface area contributed by atoms with E-state index < -0.39 is 5.41 Å². The van der Waals surface area contributed by atoms with E-state index in [2.05, 4.69) is 0 Å². The van der Waals surface area contributed by atoms with E-state index >= 15 is 0 Å². The van der Waals surface area contributed by atoms with Crippen molar-refractivity contribution in [2.75, 3.05) is 6.61 Å². The van der Waals surface area contributed by atoms with Crippen molar-refractivity contribution in [3.63, 3.8) is 0 Å². The molecule has 2 heterocycles. The number of fused-ring (bicyclic) bond motifs is 3. The molecule has 0 radical (unpaired) electrons. The van der Waals surface area contributed by atoms with Crippen molar-refractivity contribution in [1.29, 1.82) is 0 Å². The highest BCUT2D eigenvalue weighted by Crippen LogP contribution is 2.40. The molecule has 1 unspecified atom stereocenters. The third-order valence-electron chi connectivity index (χ3n) is 2.57. The lowest BCUT2D eigenvalue weighted by Crippen LogP contribution is -2.46. The molecule has 3 rings (SSSR count). The van der Waals surface area contributed by atoms with Crippen LogP contribution in [0.2, 0.25) is 0 Å². The van der Waals surface area contributed by atoms with Crippen LogP contribution in [0.1, 0.15) is 20.3 Å². The Morgan fingerprint density at radius 2 is 2.08 bits per heavy atom. The van der Waals surface area contributed by atoms with Crippen LogP contribution in [-0.2, 0) is 14.3 Å². The van der Waals surface area contributed by atoms with Crippen molar-refractivity contribution in [1.82, 2.24) is 0 Å². The lowest BCUT2D eigenvalue weighted by molar-refractivity contribution is -0.143. The fourth-order valence-electron chi connectivity index (χ4n) is 1.82. The zero-order chi connectivity index (χ0) is 8.93. The van der Waals surface area contributed by atoms with Gasteiger partial charge >= 0.3 is 0 Å². The fourth-order valence-corrected chi connectivity index (χ4v) is 1.82. The quantitative estimate of drug-likeness (QED) is 0.535. The average Bonchev–Trinajstić information content (AvgIpc) is 1.99. The number of hydrogen-bond donors (Lipinski definition) is 0. The van der Waals surface area contributed by atoms with Crippen LogP contribution in [0.15, 0.2) is 11.3 Å². The van der Waals surface area contributed by atoms with E-state index in [1.54, 1.807) is 13.8 Å². The second-order valence-electron chi connectivity index (χ2n) is 3.73. The highest BCUT2D eigenvalue weighted by atomic mass is 16.5. The highest BCUT2D eigenvalue weighted by molar-refractivity contribution is 6.14. The summed E-state index contributed by atoms with van der Waals surface area (Å²) < 4.78 is 5.18. The van der Waals surface area contributed by atoms with E-state index in [0.717, 1.165) is 0 Å². The molecule has 64 valence electrons. The van der Waals surface area contributed by atoms with Crippen LogP contribution in [0.5, 0.6) is 0 Å². The topological polar surface area (TPSA) is 43.4 Å². The van der Waals surface area contributed by atoms with Crippen molar-refractivity contribution < 1.29 is 14.3 Å². The van der Waals surface area contributed by atoms with Crippen LogP contribution in [0.25, 0.3) is 0 Å². The van der Waals surface area contributed by atoms with E-state index in [-0.39, 0.29) is 11.6 Å². The lowest BCUT2D eigenvalue weighted by atomic mass is 9.72. The Balaban J connectivity index is 2.59. The van der Waals surface area contributed by atoms with Crippen LogP contribution >= 0.6 is 0 Å². The summed E-state index contributed by atoms with van der Waals surface area (Å²) in [6.07, 6.45) is 0.318. The molecule has 0 saturated carbocycles. The van der Waals surface area contributed by atoms with Crippen molar-refractivity contribution >= 4 is 11.6 Å². The summed E-state index contributed by atoms with van der Waals surface area (Å²) in [6.45, 7) is 3.81. The second-order valence-corrected chi connectivity index (χ2v) is 3.73. The van der Waals surface area contributed by atoms with E-state index in [9.17, 15) is 9.59 Å². The maximum atomic E-state index is 11.6. The number of hydrogen-bond acceptors (Lipinski definition) is 3. The van der Waals surface area contributed by atoms with Gasteiger partial charge in [0.1, 0.15) is 6.61 Å². The maximum Gasteiger partial charge on any atom is 0.198 e. The molecular formula is C9H10O3. The molecule has 3 aliphatic rings. The van der Waals surface area contributed by atoms with Gasteiger partial charge < -0.3 is 4.74 Å². The highest BCUT2D eigenvalue weighted by Gasteiger charge is 2.48. The van der Waals surface area contributed by atoms with Crippen LogP contribution in [-0.4, -0.2) is 18.2 Å². The normalized spacial score (nSPS) is 34.2. The van der Waals surface area contributed by atoms with Crippen molar-refractivity contribution in [3.8, 4) is 0 Å². The molecule has 0 N–H and O–H groups in total. The molecule has 0 aromatic carbocycles. The number of rotatable bonds is 0. The van der Waals surface area contributed by atoms with Crippen LogP contribution in [0.3, 0.4) is 0 Å². The molecule has 1 fully saturated rings. The molecule has 1 saturated heterocycles. The second kappa shape index (κ2) is 1.97. The van der Waals surface area contributed by atoms with Crippen LogP contribution in [0.4, 0.5) is 0 Å². The van der Waals surface area contributed by atoms with E-state index in [1.165, 1.54) is 0 Å². The molecule has 0 spiro atoms. The van der Waals surface area contributed by atoms with E-state index in [1.807, 2.05) is 0 Å². The summed E-state index contributed by atoms with van der Waals surface area (Å²) in [5.41, 5.74) is -0.0804. The molecular weight excluding hydrogens is 156 g/mol. The van der Waals surface area contributed by atoms with Gasteiger partial charge in [-0.3, -0.25) is 9.59 Å². The van der Waals surface area contributed by atoms with Gasteiger partial charge in [-0.1, -0.05) is 0 Å². The molecule has 0 aromatic heterocycles. The van der Waals surface area contributed by atoms with Gasteiger partial charge in [0, 0.05) is 12.0 Å². The molecule has 2 aliphatic heterocycles. The molecule has 1 aliphatic carbocycles. The predicted molar refractivity (Wildman–Crippen MR) is 41.4 cm³/mol. The van der Waals surface area contributed by atoms with Gasteiger partial charge in [0.15, 0.2) is 17.3 Å². The lowest BCUT2D eigenvalue weighted by Gasteiger charge is -2.38. The Labute approximate surface area is 70.4 Å². The molecule has 3 nitrogen and oxygen atoms in total. The first-order valence-electron chi connectivity index (χ1n) is 3.96. The van der Waals surface area contributed by atoms with Gasteiger partial charge in [0.25, 0.3) is 0 Å². The van der Waals surface area contributed by atoms with Crippen molar-refractivity contribution in [2.24, 2.45) is 5.41 Å². The first-order valence-corrected chi connectivity index (χ1v) is 3.96. The Hall–Kier alpha value is -1.12. The molecule has 0 aromatic rings. The monoisotopic (exact) mass is 166 g/mol. The fraction of sp³-hybridized carbons (Fsp3) is 0.556. The summed E-state index contributed by atoms with van der Waals surface area (Å²) in [5.74, 6) is 0.341. The summed E-state index contributed by atoms with van der Waals surface area (Å²) in [6, 6.07) is 0. The molecule has 2 bridgehead atoms. The predicted octanol–water partition coefficient (Wildman–Crippen LogP) is 0.839. The Morgan fingerprint density at radius 3 is 2.58 bits per heavy atom. The summed E-state index contributed by atoms with van der Waals surface area (Å²) in [5, 5.41) is 0. The average molecular weight is 166 g/mol. The third-order valence-corrected chi connectivity index (χ3v) is 2.57. The molecule has 0 amide bonds. The van der Waals surface area contributed by atoms with Crippen LogP contribution in [0, 0.1) is 5.41 Å². The number of ketones is 2. The zero-order valence-electron chi connectivity index (χ0n) is 7.14. The molecule has 1 atom stereocenters. The van der Waals surface area contributed by atoms with Gasteiger partial charge in [0.05, 0.1) is 5.41 Å². The Morgan fingerprint density at radius 1 is 1.42 bits per heavy atom. The van der Waals surface area contributed by atoms with E-state index in [4.69, 9.17) is 4.74 Å². The smallest absolute Gasteiger partial charge is 0.198 e. The third kappa shape index (κ3) is 0.709. The van der Waals surface area contributed by atoms with Gasteiger partial charge in [-0.15, -0.1) is 0 Å². The first kappa shape index (κ1) is 7.53. The number of carbonyl (C=O) groups excluding carboxylic acids is 2. The summed E-state index contributed by atoms with van der Waals surface area (Å²) in [7, 11) is 0. The minimum atomic E-state index is -0.580. The van der Waals surface area contributed by atoms with Crippen LogP contribution < -0.4 is 0 Å². The van der Waals surface area contributed by atoms with Gasteiger partial charge in [-0.2, -0.15) is 0 Å². The number of Topliss-reactive ketones (excluding diaryl/α,β-unsaturated/α-hetero) is 2. The standard InChI is InChI=1S/C9H10O3/c1-5-7-6(10)3-9(2,4-12-7)8(5)11/h3-4H2,1-2H3. The Kier molecular flexibility index (Phi) is 1.24. The summed E-state index contributed by atoms with van der Waals surface area (Å²) >= 11 is 0. The SMILES string of the molecule is CC1=C2OCC(C)(CC2=O)C1=O. The summed E-state index contributed by atoms with van der Waals surface area (Å²) in [4.78, 5) is 22.8. The van der Waals surface area contributed by atoms with Crippen molar-refractivity contribution in [2.45, 2.75) is 20.3 Å². The number of allylic oxidation sites excluding steroid dienone is 2. The van der Waals surface area contributed by atoms with Crippen molar-refractivity contribution in [3.05, 3.63) is 11.3 Å². The zero-order valence-corrected chi connectivity index (χ0v) is 7.14. The number of carbonyl (C=O) groups is 2. The van der Waals surface area contributed by atoms with Gasteiger partial charge in [0.2, 0.25) is 0 Å². The number of ether oxygens (including phenoxy) is 1. The maximum absolute atomic E-state index is 11.6. The van der Waals surface area contributed by atoms with Gasteiger partial charge in [-0.05, 0) is 13.8 Å². The van der Waals surface area contributed by atoms with E-state index in [0.29, 0.717) is 24.4 Å². The first-order chi connectivity index (χ1) is 5.54. The Bertz CT molecular complexity index is 314. The largest absolute Gasteiger partial charge is 0.488 e. The minimum absolute atomic E-state index is 0.0270. The molecule has 12 heavy (non-hydrogen) atoms. The minimum Gasteiger partial charge on any atom is -0.488 e. The molecule has 3 heteroatoms. The van der Waals surface area contributed by atoms with Gasteiger partial charge in [-0.25, -0.2) is 0 Å².